The molecule has 0 fully saturated rings. The molecule has 1 aromatic rings. The Morgan fingerprint density at radius 1 is 1.21 bits per heavy atom. The number of carbonyl (C=O) groups is 1. The number of amides is 1. The highest BCUT2D eigenvalue weighted by Gasteiger charge is 2.42. The van der Waals surface area contributed by atoms with Crippen molar-refractivity contribution in [1.82, 2.24) is 4.90 Å². The van der Waals surface area contributed by atoms with Crippen molar-refractivity contribution in [3.05, 3.63) is 34.9 Å². The smallest absolute Gasteiger partial charge is 0.334 e. The van der Waals surface area contributed by atoms with E-state index in [-0.39, 0.29) is 13.1 Å². The fourth-order valence-corrected chi connectivity index (χ4v) is 2.22. The van der Waals surface area contributed by atoms with Crippen molar-refractivity contribution < 1.29 is 18.0 Å². The van der Waals surface area contributed by atoms with Gasteiger partial charge in [0.25, 0.3) is 0 Å². The summed E-state index contributed by atoms with van der Waals surface area (Å²) < 4.78 is 37.2. The van der Waals surface area contributed by atoms with E-state index in [1.807, 2.05) is 6.07 Å². The van der Waals surface area contributed by atoms with Gasteiger partial charge in [0.2, 0.25) is 0 Å². The van der Waals surface area contributed by atoms with Crippen LogP contribution in [0, 0.1) is 5.41 Å². The second-order valence-corrected chi connectivity index (χ2v) is 4.46. The van der Waals surface area contributed by atoms with Crippen LogP contribution < -0.4 is 0 Å². The van der Waals surface area contributed by atoms with Crippen molar-refractivity contribution in [3.8, 4) is 0 Å². The molecule has 6 heteroatoms. The van der Waals surface area contributed by atoms with Crippen LogP contribution >= 0.6 is 0 Å². The monoisotopic (exact) mass is 270 g/mol. The molecule has 19 heavy (non-hydrogen) atoms. The van der Waals surface area contributed by atoms with Gasteiger partial charge in [-0.05, 0) is 35.6 Å². The average Bonchev–Trinajstić information content (AvgIpc) is 2.58. The normalized spacial score (nSPS) is 15.6. The Morgan fingerprint density at radius 2 is 1.84 bits per heavy atom. The fourth-order valence-electron chi connectivity index (χ4n) is 2.22. The lowest BCUT2D eigenvalue weighted by atomic mass is 10.0. The highest BCUT2D eigenvalue weighted by molar-refractivity contribution is 5.82. The van der Waals surface area contributed by atoms with Gasteiger partial charge >= 0.3 is 12.1 Å². The van der Waals surface area contributed by atoms with E-state index in [9.17, 15) is 18.0 Å². The number of carbonyl (C=O) groups excluding carboxylic acids is 1. The lowest BCUT2D eigenvalue weighted by Crippen LogP contribution is -2.42. The van der Waals surface area contributed by atoms with Gasteiger partial charge in [0, 0.05) is 19.3 Å². The molecule has 1 N–H and O–H groups in total. The van der Waals surface area contributed by atoms with E-state index in [4.69, 9.17) is 5.41 Å². The number of hydrogen-bond acceptors (Lipinski definition) is 2. The van der Waals surface area contributed by atoms with Gasteiger partial charge in [-0.1, -0.05) is 12.1 Å². The van der Waals surface area contributed by atoms with Crippen molar-refractivity contribution in [1.29, 1.82) is 5.41 Å². The molecule has 0 saturated heterocycles. The summed E-state index contributed by atoms with van der Waals surface area (Å²) in [5.74, 6) is -1.77. The predicted molar refractivity (Wildman–Crippen MR) is 64.4 cm³/mol. The number of hydrogen-bond donors (Lipinski definition) is 1. The first kappa shape index (κ1) is 13.6. The van der Waals surface area contributed by atoms with Crippen molar-refractivity contribution in [2.45, 2.75) is 19.0 Å². The first-order valence-electron chi connectivity index (χ1n) is 5.90. The summed E-state index contributed by atoms with van der Waals surface area (Å²) in [7, 11) is 0. The third kappa shape index (κ3) is 2.94. The lowest BCUT2D eigenvalue weighted by Gasteiger charge is -2.21. The molecule has 0 aromatic heterocycles. The minimum atomic E-state index is -4.81. The zero-order valence-corrected chi connectivity index (χ0v) is 10.1. The Morgan fingerprint density at radius 3 is 2.42 bits per heavy atom. The molecule has 0 radical (unpaired) electrons. The van der Waals surface area contributed by atoms with Gasteiger partial charge in [-0.3, -0.25) is 4.79 Å². The van der Waals surface area contributed by atoms with Crippen LogP contribution in [0.5, 0.6) is 0 Å². The fraction of sp³-hybridized carbons (Fsp3) is 0.385. The van der Waals surface area contributed by atoms with E-state index in [2.05, 4.69) is 0 Å². The van der Waals surface area contributed by atoms with Crippen LogP contribution in [-0.4, -0.2) is 36.3 Å². The summed E-state index contributed by atoms with van der Waals surface area (Å²) in [4.78, 5) is 12.1. The first-order valence-corrected chi connectivity index (χ1v) is 5.90. The highest BCUT2D eigenvalue weighted by atomic mass is 19.4. The molecule has 0 bridgehead atoms. The van der Waals surface area contributed by atoms with Crippen molar-refractivity contribution in [3.63, 3.8) is 0 Å². The number of fused-ring (bicyclic) bond motifs is 1. The maximum absolute atomic E-state index is 12.4. The quantitative estimate of drug-likeness (QED) is 0.781. The number of rotatable bonds is 1. The van der Waals surface area contributed by atoms with Gasteiger partial charge in [0.05, 0.1) is 0 Å². The van der Waals surface area contributed by atoms with Gasteiger partial charge < -0.3 is 10.3 Å². The number of alkyl halides is 3. The maximum atomic E-state index is 12.4. The highest BCUT2D eigenvalue weighted by Crippen LogP contribution is 2.22. The summed E-state index contributed by atoms with van der Waals surface area (Å²) in [5.41, 5.74) is 2.58. The van der Waals surface area contributed by atoms with Crippen molar-refractivity contribution in [2.75, 3.05) is 13.1 Å². The topological polar surface area (TPSA) is 44.2 Å². The molecule has 1 heterocycles. The number of nitrogens with zero attached hydrogens (tertiary/aromatic N) is 1. The molecule has 2 rings (SSSR count). The van der Waals surface area contributed by atoms with E-state index >= 15 is 0 Å². The molecule has 0 spiro atoms. The SMILES string of the molecule is N=Cc1ccc2c(c1)CCN(C(=O)C(F)(F)F)CC2. The van der Waals surface area contributed by atoms with E-state index in [0.29, 0.717) is 18.4 Å². The van der Waals surface area contributed by atoms with E-state index < -0.39 is 12.1 Å². The van der Waals surface area contributed by atoms with Crippen LogP contribution in [0.4, 0.5) is 13.2 Å². The largest absolute Gasteiger partial charge is 0.471 e. The number of nitrogens with one attached hydrogen (secondary N) is 1. The summed E-state index contributed by atoms with van der Waals surface area (Å²) in [5, 5.41) is 7.17. The van der Waals surface area contributed by atoms with Gasteiger partial charge in [-0.25, -0.2) is 0 Å². The standard InChI is InChI=1S/C13H13F3N2O/c14-13(15,16)12(19)18-5-3-10-2-1-9(8-17)7-11(10)4-6-18/h1-2,7-8,17H,3-6H2. The Balaban J connectivity index is 2.17. The molecule has 1 aliphatic heterocycles. The molecule has 0 aliphatic carbocycles. The van der Waals surface area contributed by atoms with Gasteiger partial charge in [-0.15, -0.1) is 0 Å². The predicted octanol–water partition coefficient (Wildman–Crippen LogP) is 2.17. The Labute approximate surface area is 108 Å². The van der Waals surface area contributed by atoms with E-state index in [1.54, 1.807) is 12.1 Å². The van der Waals surface area contributed by atoms with Crippen LogP contribution in [0.3, 0.4) is 0 Å². The maximum Gasteiger partial charge on any atom is 0.471 e. The van der Waals surface area contributed by atoms with Gasteiger partial charge in [-0.2, -0.15) is 13.2 Å². The minimum absolute atomic E-state index is 0.0623. The Kier molecular flexibility index (Phi) is 3.59. The van der Waals surface area contributed by atoms with Gasteiger partial charge in [0.1, 0.15) is 0 Å². The molecular formula is C13H13F3N2O. The summed E-state index contributed by atoms with van der Waals surface area (Å²) in [6.07, 6.45) is -2.81. The lowest BCUT2D eigenvalue weighted by molar-refractivity contribution is -0.185. The Hall–Kier alpha value is -1.85. The van der Waals surface area contributed by atoms with E-state index in [0.717, 1.165) is 16.0 Å². The van der Waals surface area contributed by atoms with Crippen LogP contribution in [0.25, 0.3) is 0 Å². The second-order valence-electron chi connectivity index (χ2n) is 4.46. The second kappa shape index (κ2) is 5.03. The average molecular weight is 270 g/mol. The number of benzene rings is 1. The van der Waals surface area contributed by atoms with E-state index in [1.165, 1.54) is 6.21 Å². The minimum Gasteiger partial charge on any atom is -0.334 e. The molecule has 1 aromatic carbocycles. The summed E-state index contributed by atoms with van der Waals surface area (Å²) in [6.45, 7) is 0.141. The van der Waals surface area contributed by atoms with Gasteiger partial charge in [0.15, 0.2) is 0 Å². The van der Waals surface area contributed by atoms with Crippen LogP contribution in [0.1, 0.15) is 16.7 Å². The molecule has 3 nitrogen and oxygen atoms in total. The third-order valence-electron chi connectivity index (χ3n) is 3.23. The van der Waals surface area contributed by atoms with Crippen LogP contribution in [0.15, 0.2) is 18.2 Å². The zero-order chi connectivity index (χ0) is 14.0. The summed E-state index contributed by atoms with van der Waals surface area (Å²) >= 11 is 0. The molecule has 0 unspecified atom stereocenters. The molecule has 0 saturated carbocycles. The molecule has 0 atom stereocenters. The molecule has 1 aliphatic rings. The van der Waals surface area contributed by atoms with Crippen molar-refractivity contribution >= 4 is 12.1 Å². The first-order chi connectivity index (χ1) is 8.91. The Bertz CT molecular complexity index is 511. The van der Waals surface area contributed by atoms with Crippen molar-refractivity contribution in [2.24, 2.45) is 0 Å². The molecular weight excluding hydrogens is 257 g/mol. The summed E-state index contributed by atoms with van der Waals surface area (Å²) in [6, 6.07) is 5.37. The molecule has 1 amide bonds. The third-order valence-corrected chi connectivity index (χ3v) is 3.23. The molecule has 102 valence electrons. The zero-order valence-electron chi connectivity index (χ0n) is 10.1. The van der Waals surface area contributed by atoms with Crippen LogP contribution in [-0.2, 0) is 17.6 Å². The number of halogens is 3. The van der Waals surface area contributed by atoms with Crippen LogP contribution in [0.2, 0.25) is 0 Å².